The monoisotopic (exact) mass is 302 g/mol. The van der Waals surface area contributed by atoms with Crippen molar-refractivity contribution in [3.8, 4) is 0 Å². The highest BCUT2D eigenvalue weighted by molar-refractivity contribution is 7.87. The van der Waals surface area contributed by atoms with E-state index in [2.05, 4.69) is 0 Å². The van der Waals surface area contributed by atoms with Crippen LogP contribution in [0.3, 0.4) is 0 Å². The second kappa shape index (κ2) is 6.80. The minimum absolute atomic E-state index is 0.0995. The molecule has 0 heterocycles. The lowest BCUT2D eigenvalue weighted by atomic mass is 10.2. The lowest BCUT2D eigenvalue weighted by molar-refractivity contribution is -0.141. The van der Waals surface area contributed by atoms with Gasteiger partial charge in [0.15, 0.2) is 0 Å². The molecule has 0 bridgehead atoms. The predicted molar refractivity (Wildman–Crippen MR) is 73.1 cm³/mol. The fourth-order valence-corrected chi connectivity index (χ4v) is 2.65. The first kappa shape index (κ1) is 16.6. The van der Waals surface area contributed by atoms with E-state index in [9.17, 15) is 18.3 Å². The third-order valence-electron chi connectivity index (χ3n) is 2.68. The lowest BCUT2D eigenvalue weighted by Gasteiger charge is -2.22. The van der Waals surface area contributed by atoms with Crippen LogP contribution in [0.4, 0.5) is 0 Å². The molecule has 0 radical (unpaired) electrons. The maximum Gasteiger partial charge on any atom is 0.324 e. The number of aliphatic hydroxyl groups excluding tert-OH is 1. The van der Waals surface area contributed by atoms with E-state index in [0.717, 1.165) is 9.87 Å². The van der Waals surface area contributed by atoms with Crippen molar-refractivity contribution in [2.24, 2.45) is 0 Å². The first-order valence-corrected chi connectivity index (χ1v) is 7.36. The zero-order valence-electron chi connectivity index (χ0n) is 11.2. The van der Waals surface area contributed by atoms with Crippen LogP contribution in [0.1, 0.15) is 12.5 Å². The summed E-state index contributed by atoms with van der Waals surface area (Å²) >= 11 is 0. The first-order valence-electron chi connectivity index (χ1n) is 5.92. The average Bonchev–Trinajstić information content (AvgIpc) is 2.36. The van der Waals surface area contributed by atoms with Gasteiger partial charge in [0.1, 0.15) is 6.04 Å². The number of aliphatic carboxylic acids is 1. The number of carbonyl (C=O) groups is 1. The number of hydrogen-bond acceptors (Lipinski definition) is 4. The van der Waals surface area contributed by atoms with Crippen molar-refractivity contribution in [2.45, 2.75) is 25.6 Å². The molecule has 1 aromatic carbocycles. The van der Waals surface area contributed by atoms with Gasteiger partial charge in [0.05, 0.1) is 6.10 Å². The Hall–Kier alpha value is -1.48. The molecule has 0 fully saturated rings. The summed E-state index contributed by atoms with van der Waals surface area (Å²) in [6.45, 7) is 1.31. The van der Waals surface area contributed by atoms with E-state index in [-0.39, 0.29) is 6.54 Å². The molecule has 0 amide bonds. The topological polar surface area (TPSA) is 107 Å². The number of nitrogens with one attached hydrogen (secondary N) is 1. The Labute approximate surface area is 118 Å². The molecular formula is C12H18N2O5S. The molecule has 0 aliphatic rings. The molecule has 1 aromatic rings. The summed E-state index contributed by atoms with van der Waals surface area (Å²) in [7, 11) is -2.68. The van der Waals surface area contributed by atoms with Crippen LogP contribution in [-0.2, 0) is 21.5 Å². The minimum Gasteiger partial charge on any atom is -0.480 e. The molecule has 2 atom stereocenters. The van der Waals surface area contributed by atoms with Gasteiger partial charge < -0.3 is 10.2 Å². The summed E-state index contributed by atoms with van der Waals surface area (Å²) in [4.78, 5) is 10.9. The van der Waals surface area contributed by atoms with Gasteiger partial charge in [0, 0.05) is 13.6 Å². The zero-order valence-corrected chi connectivity index (χ0v) is 12.0. The Morgan fingerprint density at radius 2 is 1.90 bits per heavy atom. The number of hydrogen-bond donors (Lipinski definition) is 3. The summed E-state index contributed by atoms with van der Waals surface area (Å²) < 4.78 is 26.9. The van der Waals surface area contributed by atoms with Crippen molar-refractivity contribution < 1.29 is 23.4 Å². The van der Waals surface area contributed by atoms with E-state index >= 15 is 0 Å². The van der Waals surface area contributed by atoms with Gasteiger partial charge in [-0.1, -0.05) is 30.3 Å². The van der Waals surface area contributed by atoms with Crippen LogP contribution >= 0.6 is 0 Å². The smallest absolute Gasteiger partial charge is 0.324 e. The van der Waals surface area contributed by atoms with Crippen molar-refractivity contribution in [3.63, 3.8) is 0 Å². The van der Waals surface area contributed by atoms with E-state index in [0.29, 0.717) is 0 Å². The van der Waals surface area contributed by atoms with Crippen LogP contribution in [0.15, 0.2) is 30.3 Å². The molecule has 0 saturated heterocycles. The van der Waals surface area contributed by atoms with Crippen LogP contribution in [0, 0.1) is 0 Å². The van der Waals surface area contributed by atoms with Gasteiger partial charge in [-0.05, 0) is 12.5 Å². The molecular weight excluding hydrogens is 284 g/mol. The van der Waals surface area contributed by atoms with Gasteiger partial charge >= 0.3 is 5.97 Å². The summed E-state index contributed by atoms with van der Waals surface area (Å²) in [5.74, 6) is -1.43. The standard InChI is InChI=1S/C12H18N2O5S/c1-9(15)11(12(16)17)13-20(18,19)14(2)8-10-6-4-3-5-7-10/h3-7,9,11,13,15H,8H2,1-2H3,(H,16,17). The second-order valence-electron chi connectivity index (χ2n) is 4.42. The minimum atomic E-state index is -4.01. The average molecular weight is 302 g/mol. The van der Waals surface area contributed by atoms with Gasteiger partial charge in [-0.15, -0.1) is 0 Å². The molecule has 1 rings (SSSR count). The lowest BCUT2D eigenvalue weighted by Crippen LogP contribution is -2.51. The van der Waals surface area contributed by atoms with Gasteiger partial charge in [0.25, 0.3) is 10.2 Å². The SMILES string of the molecule is CC(O)C(NS(=O)(=O)N(C)Cc1ccccc1)C(=O)O. The van der Waals surface area contributed by atoms with Crippen molar-refractivity contribution in [1.29, 1.82) is 0 Å². The third-order valence-corrected chi connectivity index (χ3v) is 4.18. The number of aliphatic hydroxyl groups is 1. The Balaban J connectivity index is 2.80. The highest BCUT2D eigenvalue weighted by Crippen LogP contribution is 2.07. The molecule has 20 heavy (non-hydrogen) atoms. The van der Waals surface area contributed by atoms with E-state index in [1.165, 1.54) is 14.0 Å². The van der Waals surface area contributed by atoms with Gasteiger partial charge in [-0.2, -0.15) is 17.4 Å². The second-order valence-corrected chi connectivity index (χ2v) is 6.23. The summed E-state index contributed by atoms with van der Waals surface area (Å²) in [6, 6.07) is 7.30. The molecule has 3 N–H and O–H groups in total. The normalized spacial score (nSPS) is 15.0. The Bertz CT molecular complexity index is 544. The molecule has 0 spiro atoms. The van der Waals surface area contributed by atoms with Gasteiger partial charge in [0.2, 0.25) is 0 Å². The van der Waals surface area contributed by atoms with Crippen LogP contribution in [-0.4, -0.2) is 48.1 Å². The van der Waals surface area contributed by atoms with Gasteiger partial charge in [-0.25, -0.2) is 0 Å². The van der Waals surface area contributed by atoms with E-state index < -0.39 is 28.3 Å². The summed E-state index contributed by atoms with van der Waals surface area (Å²) in [5, 5.41) is 18.2. The van der Waals surface area contributed by atoms with Gasteiger partial charge in [-0.3, -0.25) is 4.79 Å². The van der Waals surface area contributed by atoms with Crippen LogP contribution in [0.25, 0.3) is 0 Å². The fourth-order valence-electron chi connectivity index (χ4n) is 1.53. The molecule has 0 aliphatic carbocycles. The maximum atomic E-state index is 12.0. The van der Waals surface area contributed by atoms with E-state index in [1.54, 1.807) is 24.3 Å². The molecule has 0 aromatic heterocycles. The number of carboxylic acids is 1. The van der Waals surface area contributed by atoms with Crippen molar-refractivity contribution in [2.75, 3.05) is 7.05 Å². The molecule has 7 nitrogen and oxygen atoms in total. The van der Waals surface area contributed by atoms with Crippen LogP contribution in [0.5, 0.6) is 0 Å². The van der Waals surface area contributed by atoms with Crippen molar-refractivity contribution in [3.05, 3.63) is 35.9 Å². The quantitative estimate of drug-likeness (QED) is 0.646. The predicted octanol–water partition coefficient (Wildman–Crippen LogP) is -0.213. The number of rotatable bonds is 7. The van der Waals surface area contributed by atoms with E-state index in [1.807, 2.05) is 10.8 Å². The largest absolute Gasteiger partial charge is 0.480 e. The molecule has 2 unspecified atom stereocenters. The Morgan fingerprint density at radius 1 is 1.35 bits per heavy atom. The molecule has 112 valence electrons. The highest BCUT2D eigenvalue weighted by Gasteiger charge is 2.30. The van der Waals surface area contributed by atoms with Crippen LogP contribution < -0.4 is 4.72 Å². The Morgan fingerprint density at radius 3 is 2.35 bits per heavy atom. The fraction of sp³-hybridized carbons (Fsp3) is 0.417. The van der Waals surface area contributed by atoms with Crippen molar-refractivity contribution >= 4 is 16.2 Å². The Kier molecular flexibility index (Phi) is 5.63. The maximum absolute atomic E-state index is 12.0. The van der Waals surface area contributed by atoms with E-state index in [4.69, 9.17) is 5.11 Å². The van der Waals surface area contributed by atoms with Crippen LogP contribution in [0.2, 0.25) is 0 Å². The first-order chi connectivity index (χ1) is 9.24. The number of carboxylic acid groups (broad SMARTS) is 1. The van der Waals surface area contributed by atoms with Crippen molar-refractivity contribution in [1.82, 2.24) is 9.03 Å². The zero-order chi connectivity index (χ0) is 15.3. The third kappa shape index (κ3) is 4.57. The number of nitrogens with zero attached hydrogens (tertiary/aromatic N) is 1. The summed E-state index contributed by atoms with van der Waals surface area (Å²) in [5.41, 5.74) is 0.768. The highest BCUT2D eigenvalue weighted by atomic mass is 32.2. The number of benzene rings is 1. The summed E-state index contributed by atoms with van der Waals surface area (Å²) in [6.07, 6.45) is -1.34. The molecule has 0 saturated carbocycles. The molecule has 0 aliphatic heterocycles. The molecule has 8 heteroatoms.